The topological polar surface area (TPSA) is 26.0 Å². The van der Waals surface area contributed by atoms with Gasteiger partial charge >= 0.3 is 0 Å². The molecule has 0 bridgehead atoms. The van der Waals surface area contributed by atoms with Crippen molar-refractivity contribution in [3.8, 4) is 0 Å². The van der Waals surface area contributed by atoms with E-state index in [0.29, 0.717) is 0 Å². The summed E-state index contributed by atoms with van der Waals surface area (Å²) < 4.78 is 0. The lowest BCUT2D eigenvalue weighted by molar-refractivity contribution is 1.29. The van der Waals surface area contributed by atoms with Gasteiger partial charge in [0, 0.05) is 5.70 Å². The van der Waals surface area contributed by atoms with Gasteiger partial charge in [0.05, 0.1) is 0 Å². The second-order valence-electron chi connectivity index (χ2n) is 1.75. The third-order valence-corrected chi connectivity index (χ3v) is 0.723. The zero-order chi connectivity index (χ0) is 6.57. The van der Waals surface area contributed by atoms with Gasteiger partial charge in [-0.05, 0) is 25.5 Å². The highest BCUT2D eigenvalue weighted by atomic mass is 14.5. The van der Waals surface area contributed by atoms with E-state index in [1.807, 2.05) is 19.9 Å². The molecule has 0 spiro atoms. The molecule has 0 aliphatic rings. The maximum atomic E-state index is 5.34. The van der Waals surface area contributed by atoms with Crippen LogP contribution in [0.3, 0.4) is 0 Å². The minimum Gasteiger partial charge on any atom is -0.402 e. The van der Waals surface area contributed by atoms with Crippen molar-refractivity contribution in [2.75, 3.05) is 0 Å². The lowest BCUT2D eigenvalue weighted by Gasteiger charge is -1.86. The van der Waals surface area contributed by atoms with Crippen LogP contribution in [0.4, 0.5) is 0 Å². The highest BCUT2D eigenvalue weighted by Crippen LogP contribution is 1.92. The second-order valence-corrected chi connectivity index (χ2v) is 1.75. The maximum absolute atomic E-state index is 5.34. The van der Waals surface area contributed by atoms with Gasteiger partial charge in [0.2, 0.25) is 0 Å². The molecule has 0 saturated heterocycles. The van der Waals surface area contributed by atoms with Crippen molar-refractivity contribution < 1.29 is 0 Å². The third kappa shape index (κ3) is 3.26. The Balaban J connectivity index is 4.11. The molecule has 0 aliphatic heterocycles. The minimum atomic E-state index is 0.790. The fraction of sp³-hybridized carbons (Fsp3) is 0.286. The van der Waals surface area contributed by atoms with Crippen LogP contribution in [-0.4, -0.2) is 0 Å². The van der Waals surface area contributed by atoms with Crippen LogP contribution in [0.25, 0.3) is 0 Å². The molecule has 0 aromatic heterocycles. The van der Waals surface area contributed by atoms with E-state index in [1.54, 1.807) is 0 Å². The Morgan fingerprint density at radius 1 is 1.62 bits per heavy atom. The Bertz CT molecular complexity index is 144. The van der Waals surface area contributed by atoms with Gasteiger partial charge in [-0.1, -0.05) is 6.58 Å². The summed E-state index contributed by atoms with van der Waals surface area (Å²) >= 11 is 0. The maximum Gasteiger partial charge on any atom is 0.00577 e. The van der Waals surface area contributed by atoms with Crippen LogP contribution in [0, 0.1) is 0 Å². The first-order chi connectivity index (χ1) is 3.66. The quantitative estimate of drug-likeness (QED) is 0.401. The first kappa shape index (κ1) is 7.06. The molecule has 44 valence electrons. The summed E-state index contributed by atoms with van der Waals surface area (Å²) in [5.74, 6) is 0. The first-order valence-electron chi connectivity index (χ1n) is 2.47. The standard InChI is InChI=1S/C7H11N/c1-4-6(2)5-7(3)8/h5H,1,8H2,2-3H3/b7-5-. The van der Waals surface area contributed by atoms with Crippen molar-refractivity contribution >= 4 is 0 Å². The minimum absolute atomic E-state index is 0.790. The molecule has 2 N–H and O–H groups in total. The summed E-state index contributed by atoms with van der Waals surface area (Å²) in [6.07, 6.45) is 1.83. The van der Waals surface area contributed by atoms with Gasteiger partial charge in [-0.15, -0.1) is 5.73 Å². The number of hydrogen-bond acceptors (Lipinski definition) is 1. The van der Waals surface area contributed by atoms with Crippen LogP contribution in [0.5, 0.6) is 0 Å². The van der Waals surface area contributed by atoms with E-state index in [1.165, 1.54) is 0 Å². The van der Waals surface area contributed by atoms with E-state index in [9.17, 15) is 0 Å². The van der Waals surface area contributed by atoms with Crippen LogP contribution in [0.2, 0.25) is 0 Å². The lowest BCUT2D eigenvalue weighted by atomic mass is 10.3. The van der Waals surface area contributed by atoms with E-state index >= 15 is 0 Å². The lowest BCUT2D eigenvalue weighted by Crippen LogP contribution is -1.89. The zero-order valence-corrected chi connectivity index (χ0v) is 5.36. The largest absolute Gasteiger partial charge is 0.402 e. The molecule has 1 nitrogen and oxygen atoms in total. The highest BCUT2D eigenvalue weighted by Gasteiger charge is 1.76. The fourth-order valence-corrected chi connectivity index (χ4v) is 0.393. The number of hydrogen-bond donors (Lipinski definition) is 1. The van der Waals surface area contributed by atoms with Crippen molar-refractivity contribution in [2.45, 2.75) is 13.8 Å². The van der Waals surface area contributed by atoms with Crippen molar-refractivity contribution in [1.29, 1.82) is 0 Å². The Kier molecular flexibility index (Phi) is 2.75. The van der Waals surface area contributed by atoms with Crippen LogP contribution in [-0.2, 0) is 0 Å². The summed E-state index contributed by atoms with van der Waals surface area (Å²) in [5, 5.41) is 0. The van der Waals surface area contributed by atoms with E-state index < -0.39 is 0 Å². The van der Waals surface area contributed by atoms with Gasteiger partial charge < -0.3 is 5.73 Å². The van der Waals surface area contributed by atoms with Crippen molar-refractivity contribution in [3.63, 3.8) is 0 Å². The molecule has 0 aliphatic carbocycles. The fourth-order valence-electron chi connectivity index (χ4n) is 0.393. The molecule has 0 saturated carbocycles. The summed E-state index contributed by atoms with van der Waals surface area (Å²) in [6, 6.07) is 0. The molecule has 0 heterocycles. The molecular weight excluding hydrogens is 98.1 g/mol. The molecule has 0 rings (SSSR count). The van der Waals surface area contributed by atoms with Gasteiger partial charge in [-0.25, -0.2) is 0 Å². The Labute approximate surface area is 50.2 Å². The van der Waals surface area contributed by atoms with Crippen LogP contribution >= 0.6 is 0 Å². The normalized spacial score (nSPS) is 10.5. The van der Waals surface area contributed by atoms with Crippen LogP contribution in [0.1, 0.15) is 13.8 Å². The molecule has 0 amide bonds. The van der Waals surface area contributed by atoms with Gasteiger partial charge in [-0.3, -0.25) is 0 Å². The Morgan fingerprint density at radius 2 is 2.12 bits per heavy atom. The summed E-state index contributed by atoms with van der Waals surface area (Å²) in [6.45, 7) is 7.19. The van der Waals surface area contributed by atoms with Crippen molar-refractivity contribution in [3.05, 3.63) is 29.7 Å². The molecule has 8 heavy (non-hydrogen) atoms. The predicted molar refractivity (Wildman–Crippen MR) is 36.3 cm³/mol. The van der Waals surface area contributed by atoms with E-state index in [4.69, 9.17) is 5.73 Å². The van der Waals surface area contributed by atoms with E-state index in [2.05, 4.69) is 12.3 Å². The van der Waals surface area contributed by atoms with Crippen LogP contribution < -0.4 is 5.73 Å². The predicted octanol–water partition coefficient (Wildman–Crippen LogP) is 1.58. The zero-order valence-electron chi connectivity index (χ0n) is 5.36. The first-order valence-corrected chi connectivity index (χ1v) is 2.47. The number of nitrogens with two attached hydrogens (primary N) is 1. The average molecular weight is 109 g/mol. The van der Waals surface area contributed by atoms with Gasteiger partial charge in [-0.2, -0.15) is 0 Å². The van der Waals surface area contributed by atoms with Crippen molar-refractivity contribution in [1.82, 2.24) is 0 Å². The van der Waals surface area contributed by atoms with Crippen molar-refractivity contribution in [2.24, 2.45) is 5.73 Å². The van der Waals surface area contributed by atoms with E-state index in [-0.39, 0.29) is 0 Å². The monoisotopic (exact) mass is 109 g/mol. The van der Waals surface area contributed by atoms with Gasteiger partial charge in [0.1, 0.15) is 0 Å². The third-order valence-electron chi connectivity index (χ3n) is 0.723. The molecule has 1 heteroatoms. The molecule has 0 fully saturated rings. The molecule has 0 radical (unpaired) electrons. The van der Waals surface area contributed by atoms with Gasteiger partial charge in [0.25, 0.3) is 0 Å². The molecule has 0 unspecified atom stereocenters. The highest BCUT2D eigenvalue weighted by molar-refractivity contribution is 5.16. The Morgan fingerprint density at radius 3 is 2.25 bits per heavy atom. The van der Waals surface area contributed by atoms with Crippen LogP contribution in [0.15, 0.2) is 29.7 Å². The summed E-state index contributed by atoms with van der Waals surface area (Å²) in [7, 11) is 0. The smallest absolute Gasteiger partial charge is 0.00577 e. The summed E-state index contributed by atoms with van der Waals surface area (Å²) in [4.78, 5) is 0. The molecule has 0 aromatic carbocycles. The van der Waals surface area contributed by atoms with Gasteiger partial charge in [0.15, 0.2) is 0 Å². The molecule has 0 atom stereocenters. The second kappa shape index (κ2) is 3.11. The number of rotatable bonds is 1. The Hall–Kier alpha value is -0.940. The average Bonchev–Trinajstić information content (AvgIpc) is 1.65. The molecule has 0 aromatic rings. The summed E-state index contributed by atoms with van der Waals surface area (Å²) in [5.41, 5.74) is 9.82. The SMILES string of the molecule is C=C=C(C)/C=C(/C)N. The number of allylic oxidation sites excluding steroid dienone is 3. The van der Waals surface area contributed by atoms with E-state index in [0.717, 1.165) is 11.3 Å². The molecular formula is C7H11N.